The topological polar surface area (TPSA) is 39.7 Å². The Labute approximate surface area is 97.6 Å². The molecule has 4 nitrogen and oxygen atoms in total. The zero-order valence-electron chi connectivity index (χ0n) is 10.4. The highest BCUT2D eigenvalue weighted by molar-refractivity contribution is 4.99. The molecule has 0 aromatic carbocycles. The number of hydrogen-bond acceptors (Lipinski definition) is 4. The Morgan fingerprint density at radius 1 is 1.38 bits per heavy atom. The average Bonchev–Trinajstić information content (AvgIpc) is 2.63. The van der Waals surface area contributed by atoms with Crippen LogP contribution in [0, 0.1) is 0 Å². The van der Waals surface area contributed by atoms with Gasteiger partial charge in [-0.3, -0.25) is 0 Å². The van der Waals surface area contributed by atoms with Crippen LogP contribution < -0.4 is 5.32 Å². The summed E-state index contributed by atoms with van der Waals surface area (Å²) >= 11 is 0. The van der Waals surface area contributed by atoms with Crippen molar-refractivity contribution in [1.82, 2.24) is 5.32 Å². The van der Waals surface area contributed by atoms with Gasteiger partial charge >= 0.3 is 0 Å². The monoisotopic (exact) mass is 229 g/mol. The second kappa shape index (κ2) is 5.45. The molecule has 0 aromatic heterocycles. The van der Waals surface area contributed by atoms with Gasteiger partial charge in [0.25, 0.3) is 0 Å². The zero-order valence-corrected chi connectivity index (χ0v) is 10.4. The molecule has 0 radical (unpaired) electrons. The molecule has 5 atom stereocenters. The predicted molar refractivity (Wildman–Crippen MR) is 61.6 cm³/mol. The van der Waals surface area contributed by atoms with Crippen LogP contribution in [0.4, 0.5) is 0 Å². The fraction of sp³-hybridized carbons (Fsp3) is 1.00. The van der Waals surface area contributed by atoms with E-state index >= 15 is 0 Å². The van der Waals surface area contributed by atoms with Gasteiger partial charge in [-0.1, -0.05) is 0 Å². The van der Waals surface area contributed by atoms with Gasteiger partial charge in [0.05, 0.1) is 18.3 Å². The molecule has 2 fully saturated rings. The first-order valence-electron chi connectivity index (χ1n) is 6.28. The van der Waals surface area contributed by atoms with E-state index in [0.29, 0.717) is 18.2 Å². The van der Waals surface area contributed by atoms with E-state index in [0.717, 1.165) is 26.1 Å². The van der Waals surface area contributed by atoms with Crippen molar-refractivity contribution in [3.05, 3.63) is 0 Å². The van der Waals surface area contributed by atoms with E-state index in [1.54, 1.807) is 7.11 Å². The molecule has 1 aliphatic heterocycles. The van der Waals surface area contributed by atoms with Crippen LogP contribution >= 0.6 is 0 Å². The average molecular weight is 229 g/mol. The molecule has 2 rings (SSSR count). The van der Waals surface area contributed by atoms with Gasteiger partial charge in [0.15, 0.2) is 0 Å². The zero-order chi connectivity index (χ0) is 11.5. The lowest BCUT2D eigenvalue weighted by Gasteiger charge is -2.45. The van der Waals surface area contributed by atoms with E-state index in [4.69, 9.17) is 14.2 Å². The number of ether oxygens (including phenoxy) is 3. The molecule has 1 heterocycles. The van der Waals surface area contributed by atoms with Crippen LogP contribution in [-0.2, 0) is 14.2 Å². The van der Waals surface area contributed by atoms with Gasteiger partial charge in [-0.15, -0.1) is 0 Å². The summed E-state index contributed by atoms with van der Waals surface area (Å²) in [7, 11) is 1.76. The lowest BCUT2D eigenvalue weighted by molar-refractivity contribution is -0.134. The minimum Gasteiger partial charge on any atom is -0.377 e. The predicted octanol–water partition coefficient (Wildman–Crippen LogP) is 0.946. The van der Waals surface area contributed by atoms with Gasteiger partial charge in [0, 0.05) is 32.4 Å². The molecule has 16 heavy (non-hydrogen) atoms. The Balaban J connectivity index is 1.78. The second-order valence-corrected chi connectivity index (χ2v) is 4.67. The maximum absolute atomic E-state index is 5.61. The van der Waals surface area contributed by atoms with Crippen molar-refractivity contribution < 1.29 is 14.2 Å². The molecule has 0 amide bonds. The first kappa shape index (κ1) is 12.3. The van der Waals surface area contributed by atoms with E-state index in [9.17, 15) is 0 Å². The van der Waals surface area contributed by atoms with Crippen molar-refractivity contribution in [1.29, 1.82) is 0 Å². The molecule has 5 unspecified atom stereocenters. The molecule has 94 valence electrons. The summed E-state index contributed by atoms with van der Waals surface area (Å²) < 4.78 is 16.6. The molecule has 1 saturated carbocycles. The highest BCUT2D eigenvalue weighted by atomic mass is 16.5. The molecule has 1 saturated heterocycles. The summed E-state index contributed by atoms with van der Waals surface area (Å²) in [5, 5.41) is 3.62. The van der Waals surface area contributed by atoms with Gasteiger partial charge in [-0.25, -0.2) is 0 Å². The Hall–Kier alpha value is -0.160. The maximum Gasteiger partial charge on any atom is 0.0986 e. The maximum atomic E-state index is 5.61. The molecule has 0 aromatic rings. The number of methoxy groups -OCH3 is 1. The summed E-state index contributed by atoms with van der Waals surface area (Å²) in [5.74, 6) is 0. The van der Waals surface area contributed by atoms with Crippen LogP contribution in [0.1, 0.15) is 26.7 Å². The fourth-order valence-corrected chi connectivity index (χ4v) is 2.66. The Bertz CT molecular complexity index is 224. The molecule has 1 aliphatic carbocycles. The van der Waals surface area contributed by atoms with Crippen molar-refractivity contribution in [2.45, 2.75) is 57.1 Å². The summed E-state index contributed by atoms with van der Waals surface area (Å²) in [4.78, 5) is 0. The third-order valence-corrected chi connectivity index (χ3v) is 3.71. The molecular formula is C12H23NO3. The fourth-order valence-electron chi connectivity index (χ4n) is 2.66. The van der Waals surface area contributed by atoms with Crippen molar-refractivity contribution in [3.63, 3.8) is 0 Å². The van der Waals surface area contributed by atoms with Crippen molar-refractivity contribution >= 4 is 0 Å². The minimum atomic E-state index is 0.202. The smallest absolute Gasteiger partial charge is 0.0986 e. The van der Waals surface area contributed by atoms with Crippen LogP contribution in [0.25, 0.3) is 0 Å². The van der Waals surface area contributed by atoms with Crippen LogP contribution in [0.15, 0.2) is 0 Å². The van der Waals surface area contributed by atoms with E-state index in [1.165, 1.54) is 0 Å². The molecule has 0 bridgehead atoms. The number of rotatable bonds is 5. The molecular weight excluding hydrogens is 206 g/mol. The molecule has 1 N–H and O–H groups in total. The number of hydrogen-bond donors (Lipinski definition) is 1. The van der Waals surface area contributed by atoms with Gasteiger partial charge in [0.2, 0.25) is 0 Å². The SMILES string of the molecule is CCOC1CC(NC2CCOC2C)C1OC. The minimum absolute atomic E-state index is 0.202. The van der Waals surface area contributed by atoms with Crippen molar-refractivity contribution in [2.75, 3.05) is 20.3 Å². The Kier molecular flexibility index (Phi) is 4.19. The largest absolute Gasteiger partial charge is 0.377 e. The summed E-state index contributed by atoms with van der Waals surface area (Å²) in [6.45, 7) is 5.80. The van der Waals surface area contributed by atoms with Crippen LogP contribution in [0.2, 0.25) is 0 Å². The van der Waals surface area contributed by atoms with Crippen molar-refractivity contribution in [2.24, 2.45) is 0 Å². The summed E-state index contributed by atoms with van der Waals surface area (Å²) in [6.07, 6.45) is 2.95. The quantitative estimate of drug-likeness (QED) is 0.762. The lowest BCUT2D eigenvalue weighted by Crippen LogP contribution is -2.62. The standard InChI is InChI=1S/C12H23NO3/c1-4-15-11-7-10(12(11)14-3)13-9-5-6-16-8(9)2/h8-13H,4-7H2,1-3H3. The third kappa shape index (κ3) is 2.40. The Morgan fingerprint density at radius 3 is 2.75 bits per heavy atom. The van der Waals surface area contributed by atoms with E-state index in [2.05, 4.69) is 12.2 Å². The lowest BCUT2D eigenvalue weighted by atomic mass is 9.84. The van der Waals surface area contributed by atoms with Gasteiger partial charge in [0.1, 0.15) is 0 Å². The van der Waals surface area contributed by atoms with Crippen LogP contribution in [0.5, 0.6) is 0 Å². The summed E-state index contributed by atoms with van der Waals surface area (Å²) in [6, 6.07) is 0.904. The normalized spacial score (nSPS) is 43.3. The van der Waals surface area contributed by atoms with Gasteiger partial charge in [-0.05, 0) is 26.7 Å². The van der Waals surface area contributed by atoms with Crippen LogP contribution in [0.3, 0.4) is 0 Å². The first-order chi connectivity index (χ1) is 7.76. The van der Waals surface area contributed by atoms with E-state index in [1.807, 2.05) is 6.92 Å². The highest BCUT2D eigenvalue weighted by Crippen LogP contribution is 2.28. The van der Waals surface area contributed by atoms with Gasteiger partial charge < -0.3 is 19.5 Å². The van der Waals surface area contributed by atoms with Crippen LogP contribution in [-0.4, -0.2) is 50.7 Å². The van der Waals surface area contributed by atoms with E-state index in [-0.39, 0.29) is 12.2 Å². The molecule has 0 spiro atoms. The first-order valence-corrected chi connectivity index (χ1v) is 6.28. The Morgan fingerprint density at radius 2 is 2.19 bits per heavy atom. The molecule has 2 aliphatic rings. The number of nitrogens with one attached hydrogen (secondary N) is 1. The highest BCUT2D eigenvalue weighted by Gasteiger charge is 2.43. The third-order valence-electron chi connectivity index (χ3n) is 3.71. The second-order valence-electron chi connectivity index (χ2n) is 4.67. The van der Waals surface area contributed by atoms with E-state index < -0.39 is 0 Å². The summed E-state index contributed by atoms with van der Waals surface area (Å²) in [5.41, 5.74) is 0. The van der Waals surface area contributed by atoms with Gasteiger partial charge in [-0.2, -0.15) is 0 Å². The molecule has 4 heteroatoms. The van der Waals surface area contributed by atoms with Crippen molar-refractivity contribution in [3.8, 4) is 0 Å².